The minimum atomic E-state index is -0.620. The van der Waals surface area contributed by atoms with E-state index in [4.69, 9.17) is 9.47 Å². The van der Waals surface area contributed by atoms with Crippen LogP contribution in [0.5, 0.6) is 5.75 Å². The summed E-state index contributed by atoms with van der Waals surface area (Å²) >= 11 is 0. The van der Waals surface area contributed by atoms with E-state index in [1.165, 1.54) is 0 Å². The molecular formula is C23H29N3O4. The maximum Gasteiger partial charge on any atom is 0.230 e. The normalized spacial score (nSPS) is 32.1. The van der Waals surface area contributed by atoms with Gasteiger partial charge in [0.1, 0.15) is 17.5 Å². The number of hydrogen-bond donors (Lipinski definition) is 0. The molecule has 2 bridgehead atoms. The third-order valence-corrected chi connectivity index (χ3v) is 7.19. The van der Waals surface area contributed by atoms with Crippen molar-refractivity contribution < 1.29 is 19.1 Å². The predicted molar refractivity (Wildman–Crippen MR) is 110 cm³/mol. The first-order chi connectivity index (χ1) is 14.5. The fourth-order valence-electron chi connectivity index (χ4n) is 5.39. The molecule has 3 fully saturated rings. The zero-order chi connectivity index (χ0) is 20.9. The van der Waals surface area contributed by atoms with E-state index in [1.807, 2.05) is 29.2 Å². The Hall–Kier alpha value is -2.41. The number of rotatable bonds is 7. The van der Waals surface area contributed by atoms with Gasteiger partial charge in [0.15, 0.2) is 0 Å². The second-order valence-electron chi connectivity index (χ2n) is 8.97. The lowest BCUT2D eigenvalue weighted by Gasteiger charge is -2.41. The van der Waals surface area contributed by atoms with Gasteiger partial charge in [-0.05, 0) is 18.1 Å². The quantitative estimate of drug-likeness (QED) is 0.641. The number of carbonyl (C=O) groups excluding carboxylic acids is 2. The average molecular weight is 412 g/mol. The topological polar surface area (TPSA) is 72.0 Å². The first kappa shape index (κ1) is 19.5. The number of aromatic nitrogens is 1. The summed E-state index contributed by atoms with van der Waals surface area (Å²) in [6, 6.07) is 3.69. The maximum absolute atomic E-state index is 13.3. The lowest BCUT2D eigenvalue weighted by molar-refractivity contribution is -0.150. The summed E-state index contributed by atoms with van der Waals surface area (Å²) in [7, 11) is 0. The van der Waals surface area contributed by atoms with Crippen LogP contribution in [0.2, 0.25) is 0 Å². The van der Waals surface area contributed by atoms with E-state index in [-0.39, 0.29) is 24.0 Å². The number of ether oxygens (including phenoxy) is 2. The Morgan fingerprint density at radius 1 is 1.37 bits per heavy atom. The summed E-state index contributed by atoms with van der Waals surface area (Å²) in [4.78, 5) is 34.4. The van der Waals surface area contributed by atoms with Gasteiger partial charge in [-0.3, -0.25) is 14.6 Å². The predicted octanol–water partition coefficient (Wildman–Crippen LogP) is 1.89. The van der Waals surface area contributed by atoms with Gasteiger partial charge >= 0.3 is 0 Å². The molecule has 0 unspecified atom stereocenters. The zero-order valence-electron chi connectivity index (χ0n) is 17.6. The number of likely N-dealkylation sites (tertiary alicyclic amines) is 2. The molecule has 4 atom stereocenters. The largest absolute Gasteiger partial charge is 0.485 e. The van der Waals surface area contributed by atoms with Crippen LogP contribution in [0.15, 0.2) is 36.7 Å². The van der Waals surface area contributed by atoms with Crippen molar-refractivity contribution in [3.8, 4) is 5.75 Å². The number of pyridine rings is 1. The van der Waals surface area contributed by atoms with Crippen molar-refractivity contribution in [3.05, 3.63) is 36.7 Å². The molecule has 30 heavy (non-hydrogen) atoms. The molecule has 160 valence electrons. The monoisotopic (exact) mass is 411 g/mol. The summed E-state index contributed by atoms with van der Waals surface area (Å²) < 4.78 is 12.1. The average Bonchev–Trinajstić information content (AvgIpc) is 3.37. The molecule has 0 saturated carbocycles. The van der Waals surface area contributed by atoms with Crippen LogP contribution in [0.1, 0.15) is 26.7 Å². The first-order valence-corrected chi connectivity index (χ1v) is 11.1. The summed E-state index contributed by atoms with van der Waals surface area (Å²) in [6.45, 7) is 6.71. The maximum atomic E-state index is 13.3. The molecule has 1 aromatic heterocycles. The van der Waals surface area contributed by atoms with Crippen LogP contribution >= 0.6 is 0 Å². The van der Waals surface area contributed by atoms with Crippen LogP contribution in [-0.4, -0.2) is 70.6 Å². The molecule has 2 amide bonds. The Bertz CT molecular complexity index is 849. The highest BCUT2D eigenvalue weighted by Gasteiger charge is 2.67. The highest BCUT2D eigenvalue weighted by atomic mass is 16.5. The smallest absolute Gasteiger partial charge is 0.230 e. The molecule has 7 nitrogen and oxygen atoms in total. The van der Waals surface area contributed by atoms with E-state index in [9.17, 15) is 9.59 Å². The Morgan fingerprint density at radius 2 is 2.17 bits per heavy atom. The molecule has 7 heteroatoms. The first-order valence-electron chi connectivity index (χ1n) is 11.1. The van der Waals surface area contributed by atoms with Crippen molar-refractivity contribution in [2.24, 2.45) is 17.8 Å². The molecule has 1 spiro atoms. The summed E-state index contributed by atoms with van der Waals surface area (Å²) in [6.07, 6.45) is 9.16. The molecule has 5 rings (SSSR count). The van der Waals surface area contributed by atoms with Gasteiger partial charge in [-0.2, -0.15) is 0 Å². The van der Waals surface area contributed by atoms with Gasteiger partial charge in [-0.25, -0.2) is 0 Å². The van der Waals surface area contributed by atoms with E-state index >= 15 is 0 Å². The second kappa shape index (κ2) is 7.38. The minimum Gasteiger partial charge on any atom is -0.485 e. The van der Waals surface area contributed by atoms with Crippen LogP contribution in [0.25, 0.3) is 0 Å². The minimum absolute atomic E-state index is 0.0139. The highest BCUT2D eigenvalue weighted by molar-refractivity contribution is 5.93. The van der Waals surface area contributed by atoms with Crippen molar-refractivity contribution in [2.45, 2.75) is 44.5 Å². The number of amides is 2. The van der Waals surface area contributed by atoms with E-state index < -0.39 is 17.4 Å². The third kappa shape index (κ3) is 3.02. The molecule has 4 aliphatic rings. The third-order valence-electron chi connectivity index (χ3n) is 7.19. The van der Waals surface area contributed by atoms with Crippen LogP contribution in [0, 0.1) is 17.8 Å². The molecule has 0 radical (unpaired) electrons. The van der Waals surface area contributed by atoms with Crippen LogP contribution < -0.4 is 4.74 Å². The van der Waals surface area contributed by atoms with Crippen molar-refractivity contribution in [2.75, 3.05) is 26.2 Å². The highest BCUT2D eigenvalue weighted by Crippen LogP contribution is 2.52. The standard InChI is InChI=1S/C23H29N3O4/c1-3-15(4-2)11-26-14-23-8-7-18(30-23)19(20(23)22(26)28)21(27)25-12-17(13-25)29-16-6-5-9-24-10-16/h5-10,15,17-20H,3-4,11-14H2,1-2H3/t18-,19+,20+,23-/m0/s1. The van der Waals surface area contributed by atoms with E-state index in [2.05, 4.69) is 18.8 Å². The Balaban J connectivity index is 1.25. The summed E-state index contributed by atoms with van der Waals surface area (Å²) in [5, 5.41) is 0. The number of carbonyl (C=O) groups is 2. The Labute approximate surface area is 177 Å². The zero-order valence-corrected chi connectivity index (χ0v) is 17.6. The number of fused-ring (bicyclic) bond motifs is 1. The molecule has 0 N–H and O–H groups in total. The Kier molecular flexibility index (Phi) is 4.81. The molecule has 0 aromatic carbocycles. The van der Waals surface area contributed by atoms with Crippen LogP contribution in [0.3, 0.4) is 0 Å². The van der Waals surface area contributed by atoms with Crippen LogP contribution in [0.4, 0.5) is 0 Å². The lowest BCUT2D eigenvalue weighted by Crippen LogP contribution is -2.59. The molecule has 3 saturated heterocycles. The van der Waals surface area contributed by atoms with Gasteiger partial charge in [0, 0.05) is 12.7 Å². The fraction of sp³-hybridized carbons (Fsp3) is 0.609. The number of nitrogens with zero attached hydrogens (tertiary/aromatic N) is 3. The molecule has 4 aliphatic heterocycles. The summed E-state index contributed by atoms with van der Waals surface area (Å²) in [5.41, 5.74) is -0.620. The lowest BCUT2D eigenvalue weighted by atomic mass is 9.76. The Morgan fingerprint density at radius 3 is 2.87 bits per heavy atom. The van der Waals surface area contributed by atoms with E-state index in [0.717, 1.165) is 19.4 Å². The van der Waals surface area contributed by atoms with E-state index in [0.29, 0.717) is 31.3 Å². The van der Waals surface area contributed by atoms with E-state index in [1.54, 1.807) is 17.3 Å². The van der Waals surface area contributed by atoms with Gasteiger partial charge in [0.25, 0.3) is 0 Å². The van der Waals surface area contributed by atoms with Gasteiger partial charge in [0.05, 0.1) is 43.8 Å². The molecule has 5 heterocycles. The molecule has 0 aliphatic carbocycles. The SMILES string of the molecule is CCC(CC)CN1C[C@]23C=C[C@H](O2)[C@@H](C(=O)N2CC(Oc4cccnc4)C2)[C@@H]3C1=O. The van der Waals surface area contributed by atoms with Gasteiger partial charge < -0.3 is 19.3 Å². The van der Waals surface area contributed by atoms with Gasteiger partial charge in [-0.1, -0.05) is 38.8 Å². The van der Waals surface area contributed by atoms with Crippen LogP contribution in [-0.2, 0) is 14.3 Å². The van der Waals surface area contributed by atoms with Crippen molar-refractivity contribution >= 4 is 11.8 Å². The van der Waals surface area contributed by atoms with Crippen molar-refractivity contribution in [1.82, 2.24) is 14.8 Å². The van der Waals surface area contributed by atoms with Crippen molar-refractivity contribution in [3.63, 3.8) is 0 Å². The number of hydrogen-bond acceptors (Lipinski definition) is 5. The van der Waals surface area contributed by atoms with Crippen molar-refractivity contribution in [1.29, 1.82) is 0 Å². The van der Waals surface area contributed by atoms with Gasteiger partial charge in [0.2, 0.25) is 11.8 Å². The summed E-state index contributed by atoms with van der Waals surface area (Å²) in [5.74, 6) is 0.472. The fourth-order valence-corrected chi connectivity index (χ4v) is 5.39. The van der Waals surface area contributed by atoms with Gasteiger partial charge in [-0.15, -0.1) is 0 Å². The molecule has 1 aromatic rings. The molecular weight excluding hydrogens is 382 g/mol. The second-order valence-corrected chi connectivity index (χ2v) is 8.97.